The number of benzene rings is 1. The summed E-state index contributed by atoms with van der Waals surface area (Å²) in [7, 11) is 0. The molecular weight excluding hydrogens is 311 g/mol. The lowest BCUT2D eigenvalue weighted by Gasteiger charge is -2.12. The molecule has 0 aliphatic heterocycles. The molecule has 0 saturated carbocycles. The molecule has 0 N–H and O–H groups in total. The Labute approximate surface area is 99.2 Å². The van der Waals surface area contributed by atoms with Crippen LogP contribution in [-0.4, -0.2) is 8.76 Å². The Bertz CT molecular complexity index is 413. The fraction of sp³-hybridized carbons (Fsp3) is 0. The van der Waals surface area contributed by atoms with Crippen LogP contribution in [-0.2, 0) is 11.1 Å². The molecule has 0 amide bonds. The maximum Gasteiger partial charge on any atom is 0.0327 e. The highest BCUT2D eigenvalue weighted by Crippen LogP contribution is 2.25. The van der Waals surface area contributed by atoms with Crippen LogP contribution in [0.2, 0.25) is 0 Å². The fourth-order valence-corrected chi connectivity index (χ4v) is 2.40. The van der Waals surface area contributed by atoms with Crippen molar-refractivity contribution in [2.75, 3.05) is 0 Å². The van der Waals surface area contributed by atoms with Gasteiger partial charge in [0.15, 0.2) is 0 Å². The molecular formula is C10H8IO2S-. The molecule has 4 heteroatoms. The van der Waals surface area contributed by atoms with Gasteiger partial charge >= 0.3 is 0 Å². The molecule has 0 radical (unpaired) electrons. The minimum Gasteiger partial charge on any atom is -0.768 e. The van der Waals surface area contributed by atoms with Crippen LogP contribution in [0.25, 0.3) is 12.2 Å². The van der Waals surface area contributed by atoms with Crippen LogP contribution < -0.4 is 0 Å². The van der Waals surface area contributed by atoms with Crippen LogP contribution in [0.3, 0.4) is 0 Å². The Morgan fingerprint density at radius 1 is 1.29 bits per heavy atom. The van der Waals surface area contributed by atoms with Gasteiger partial charge in [-0.1, -0.05) is 25.3 Å². The second-order valence-electron chi connectivity index (χ2n) is 2.52. The molecule has 0 spiro atoms. The minimum absolute atomic E-state index is 0.260. The van der Waals surface area contributed by atoms with E-state index < -0.39 is 11.1 Å². The Hall–Kier alpha value is -0.460. The van der Waals surface area contributed by atoms with Gasteiger partial charge in [0.1, 0.15) is 0 Å². The van der Waals surface area contributed by atoms with Gasteiger partial charge in [-0.05, 0) is 56.9 Å². The summed E-state index contributed by atoms with van der Waals surface area (Å²) < 4.78 is 22.7. The summed E-state index contributed by atoms with van der Waals surface area (Å²) >= 11 is -0.103. The van der Waals surface area contributed by atoms with Crippen molar-refractivity contribution in [2.45, 2.75) is 4.90 Å². The molecule has 1 aromatic rings. The highest BCUT2D eigenvalue weighted by molar-refractivity contribution is 14.1. The van der Waals surface area contributed by atoms with E-state index in [9.17, 15) is 8.76 Å². The molecule has 0 aliphatic carbocycles. The smallest absolute Gasteiger partial charge is 0.0327 e. The van der Waals surface area contributed by atoms with E-state index in [1.54, 1.807) is 18.2 Å². The molecule has 0 heterocycles. The van der Waals surface area contributed by atoms with Gasteiger partial charge in [-0.2, -0.15) is 0 Å². The summed E-state index contributed by atoms with van der Waals surface area (Å²) in [5.41, 5.74) is 1.42. The molecule has 0 saturated heterocycles. The van der Waals surface area contributed by atoms with Gasteiger partial charge in [-0.3, -0.25) is 4.21 Å². The zero-order chi connectivity index (χ0) is 10.7. The average Bonchev–Trinajstić information content (AvgIpc) is 2.16. The predicted molar refractivity (Wildman–Crippen MR) is 66.5 cm³/mol. The molecule has 0 fully saturated rings. The largest absolute Gasteiger partial charge is 0.768 e. The molecule has 0 aromatic heterocycles. The highest BCUT2D eigenvalue weighted by Gasteiger charge is 2.06. The first-order valence-corrected chi connectivity index (χ1v) is 5.93. The fourth-order valence-electron chi connectivity index (χ4n) is 1.15. The van der Waals surface area contributed by atoms with Gasteiger partial charge in [0, 0.05) is 8.47 Å². The summed E-state index contributed by atoms with van der Waals surface area (Å²) in [5.74, 6) is 0. The molecule has 0 bridgehead atoms. The topological polar surface area (TPSA) is 40.1 Å². The molecule has 74 valence electrons. The van der Waals surface area contributed by atoms with Gasteiger partial charge < -0.3 is 4.55 Å². The highest BCUT2D eigenvalue weighted by atomic mass is 127. The number of rotatable bonds is 3. The molecule has 1 unspecified atom stereocenters. The summed E-state index contributed by atoms with van der Waals surface area (Å²) in [6.45, 7) is 7.25. The Morgan fingerprint density at radius 3 is 2.29 bits per heavy atom. The molecule has 1 rings (SSSR count). The van der Waals surface area contributed by atoms with Gasteiger partial charge in [-0.25, -0.2) is 0 Å². The van der Waals surface area contributed by atoms with Crippen LogP contribution in [0.5, 0.6) is 0 Å². The third-order valence-electron chi connectivity index (χ3n) is 1.78. The number of hydrogen-bond donors (Lipinski definition) is 0. The predicted octanol–water partition coefficient (Wildman–Crippen LogP) is 2.82. The SMILES string of the molecule is C=Cc1c(I)ccc(S(=O)[O-])c1C=C. The van der Waals surface area contributed by atoms with Gasteiger partial charge in [0.2, 0.25) is 0 Å². The number of hydrogen-bond acceptors (Lipinski definition) is 2. The molecule has 1 aromatic carbocycles. The first-order valence-electron chi connectivity index (χ1n) is 3.78. The van der Waals surface area contributed by atoms with Crippen LogP contribution in [0.1, 0.15) is 11.1 Å². The van der Waals surface area contributed by atoms with Crippen LogP contribution >= 0.6 is 22.6 Å². The van der Waals surface area contributed by atoms with Crippen molar-refractivity contribution in [2.24, 2.45) is 0 Å². The molecule has 1 atom stereocenters. The third-order valence-corrected chi connectivity index (χ3v) is 3.44. The summed E-state index contributed by atoms with van der Waals surface area (Å²) in [5, 5.41) is 0. The van der Waals surface area contributed by atoms with Crippen molar-refractivity contribution in [1.82, 2.24) is 0 Å². The molecule has 2 nitrogen and oxygen atoms in total. The van der Waals surface area contributed by atoms with Crippen molar-refractivity contribution in [3.8, 4) is 0 Å². The molecule has 0 aliphatic rings. The minimum atomic E-state index is -2.23. The van der Waals surface area contributed by atoms with Gasteiger partial charge in [0.25, 0.3) is 0 Å². The number of halogens is 1. The van der Waals surface area contributed by atoms with Crippen LogP contribution in [0, 0.1) is 3.57 Å². The summed E-state index contributed by atoms with van der Waals surface area (Å²) in [4.78, 5) is 0.260. The average molecular weight is 319 g/mol. The van der Waals surface area contributed by atoms with Crippen molar-refractivity contribution < 1.29 is 8.76 Å². The lowest BCUT2D eigenvalue weighted by atomic mass is 10.1. The zero-order valence-electron chi connectivity index (χ0n) is 7.33. The maximum absolute atomic E-state index is 10.9. The maximum atomic E-state index is 10.9. The molecule has 14 heavy (non-hydrogen) atoms. The van der Waals surface area contributed by atoms with Crippen molar-refractivity contribution >= 4 is 45.8 Å². The third kappa shape index (κ3) is 2.13. The standard InChI is InChI=1S/C10H9IO2S/c1-3-7-8(4-2)10(14(12)13)6-5-9(7)11/h3-6H,1-2H2,(H,12,13)/p-1. The Kier molecular flexibility index (Phi) is 4.03. The zero-order valence-corrected chi connectivity index (χ0v) is 10.3. The first kappa shape index (κ1) is 11.6. The van der Waals surface area contributed by atoms with Crippen LogP contribution in [0.15, 0.2) is 30.2 Å². The summed E-state index contributed by atoms with van der Waals surface area (Å²) in [6, 6.07) is 3.31. The van der Waals surface area contributed by atoms with E-state index in [4.69, 9.17) is 0 Å². The van der Waals surface area contributed by atoms with E-state index in [1.807, 2.05) is 0 Å². The first-order chi connectivity index (χ1) is 6.61. The second-order valence-corrected chi connectivity index (χ2v) is 4.59. The lowest BCUT2D eigenvalue weighted by Crippen LogP contribution is -1.97. The second kappa shape index (κ2) is 4.86. The monoisotopic (exact) mass is 319 g/mol. The quantitative estimate of drug-likeness (QED) is 0.635. The normalized spacial score (nSPS) is 12.1. The van der Waals surface area contributed by atoms with Crippen molar-refractivity contribution in [3.05, 3.63) is 40.0 Å². The van der Waals surface area contributed by atoms with E-state index in [2.05, 4.69) is 35.7 Å². The van der Waals surface area contributed by atoms with Crippen molar-refractivity contribution in [1.29, 1.82) is 0 Å². The Morgan fingerprint density at radius 2 is 1.86 bits per heavy atom. The van der Waals surface area contributed by atoms with E-state index in [0.29, 0.717) is 5.56 Å². The van der Waals surface area contributed by atoms with Gasteiger partial charge in [0.05, 0.1) is 0 Å². The van der Waals surface area contributed by atoms with Crippen LogP contribution in [0.4, 0.5) is 0 Å². The van der Waals surface area contributed by atoms with Gasteiger partial charge in [-0.15, -0.1) is 0 Å². The van der Waals surface area contributed by atoms with Crippen molar-refractivity contribution in [3.63, 3.8) is 0 Å². The van der Waals surface area contributed by atoms with E-state index in [-0.39, 0.29) is 4.90 Å². The van der Waals surface area contributed by atoms with E-state index in [1.165, 1.54) is 6.08 Å². The lowest BCUT2D eigenvalue weighted by molar-refractivity contribution is 0.537. The Balaban J connectivity index is 3.56. The van der Waals surface area contributed by atoms with E-state index in [0.717, 1.165) is 9.13 Å². The van der Waals surface area contributed by atoms with E-state index >= 15 is 0 Å². The summed E-state index contributed by atoms with van der Waals surface area (Å²) in [6.07, 6.45) is 3.17.